The molecule has 6 heteroatoms. The maximum atomic E-state index is 6.17. The van der Waals surface area contributed by atoms with Gasteiger partial charge in [-0.2, -0.15) is 0 Å². The van der Waals surface area contributed by atoms with E-state index in [1.807, 2.05) is 24.3 Å². The third kappa shape index (κ3) is 3.64. The highest BCUT2D eigenvalue weighted by atomic mass is 35.5. The lowest BCUT2D eigenvalue weighted by Gasteiger charge is -2.07. The summed E-state index contributed by atoms with van der Waals surface area (Å²) in [5, 5.41) is 8.61. The monoisotopic (exact) mass is 301 g/mol. The van der Waals surface area contributed by atoms with Gasteiger partial charge in [0.15, 0.2) is 5.82 Å². The summed E-state index contributed by atoms with van der Waals surface area (Å²) >= 11 is 6.17. The fraction of sp³-hybridized carbons (Fsp3) is 0.200. The molecular formula is C15H16ClN5. The minimum absolute atomic E-state index is 0.630. The summed E-state index contributed by atoms with van der Waals surface area (Å²) < 4.78 is 1.80. The molecule has 0 radical (unpaired) electrons. The Hall–Kier alpha value is -2.27. The summed E-state index contributed by atoms with van der Waals surface area (Å²) in [6.07, 6.45) is 5.99. The molecule has 0 bridgehead atoms. The summed E-state index contributed by atoms with van der Waals surface area (Å²) in [7, 11) is 0. The van der Waals surface area contributed by atoms with Crippen molar-refractivity contribution in [1.29, 1.82) is 0 Å². The summed E-state index contributed by atoms with van der Waals surface area (Å²) in [6.45, 7) is 4.25. The van der Waals surface area contributed by atoms with Gasteiger partial charge in [-0.3, -0.25) is 4.57 Å². The van der Waals surface area contributed by atoms with Crippen LogP contribution >= 0.6 is 11.6 Å². The smallest absolute Gasteiger partial charge is 0.187 e. The summed E-state index contributed by atoms with van der Waals surface area (Å²) in [5.41, 5.74) is 1.51. The Labute approximate surface area is 128 Å². The first kappa shape index (κ1) is 15.1. The van der Waals surface area contributed by atoms with Crippen molar-refractivity contribution in [2.75, 3.05) is 0 Å². The third-order valence-electron chi connectivity index (χ3n) is 2.47. The van der Waals surface area contributed by atoms with Crippen molar-refractivity contribution in [3.8, 4) is 17.2 Å². The molecule has 0 aliphatic carbocycles. The normalized spacial score (nSPS) is 9.86. The molecule has 21 heavy (non-hydrogen) atoms. The second-order valence-electron chi connectivity index (χ2n) is 4.28. The lowest BCUT2D eigenvalue weighted by Crippen LogP contribution is -1.98. The molecule has 0 aliphatic rings. The molecule has 0 N–H and O–H groups in total. The van der Waals surface area contributed by atoms with Crippen LogP contribution in [0.4, 0.5) is 0 Å². The first-order valence-corrected chi connectivity index (χ1v) is 7.07. The van der Waals surface area contributed by atoms with E-state index in [1.54, 1.807) is 23.2 Å². The van der Waals surface area contributed by atoms with Gasteiger partial charge in [-0.05, 0) is 18.2 Å². The molecule has 0 aliphatic heterocycles. The second kappa shape index (κ2) is 7.50. The highest BCUT2D eigenvalue weighted by molar-refractivity contribution is 6.32. The second-order valence-corrected chi connectivity index (χ2v) is 4.68. The summed E-state index contributed by atoms with van der Waals surface area (Å²) in [4.78, 5) is 8.04. The zero-order valence-corrected chi connectivity index (χ0v) is 12.7. The van der Waals surface area contributed by atoms with Gasteiger partial charge in [-0.25, -0.2) is 9.97 Å². The molecule has 0 saturated carbocycles. The van der Waals surface area contributed by atoms with E-state index in [0.717, 1.165) is 5.69 Å². The van der Waals surface area contributed by atoms with Gasteiger partial charge in [0.2, 0.25) is 0 Å². The van der Waals surface area contributed by atoms with Crippen molar-refractivity contribution in [3.63, 3.8) is 0 Å². The number of aromatic nitrogens is 5. The van der Waals surface area contributed by atoms with Crippen LogP contribution in [0.25, 0.3) is 17.2 Å². The van der Waals surface area contributed by atoms with Crippen LogP contribution in [0.2, 0.25) is 5.02 Å². The van der Waals surface area contributed by atoms with E-state index in [1.165, 1.54) is 12.7 Å². The minimum atomic E-state index is 0.630. The summed E-state index contributed by atoms with van der Waals surface area (Å²) in [6, 6.07) is 9.28. The van der Waals surface area contributed by atoms with E-state index in [2.05, 4.69) is 34.0 Å². The lowest BCUT2D eigenvalue weighted by atomic mass is 10.3. The van der Waals surface area contributed by atoms with Gasteiger partial charge in [0.1, 0.15) is 18.3 Å². The van der Waals surface area contributed by atoms with E-state index in [-0.39, 0.29) is 0 Å². The van der Waals surface area contributed by atoms with Gasteiger partial charge >= 0.3 is 0 Å². The highest BCUT2D eigenvalue weighted by Crippen LogP contribution is 2.23. The Morgan fingerprint density at radius 1 is 1.14 bits per heavy atom. The van der Waals surface area contributed by atoms with Crippen molar-refractivity contribution in [3.05, 3.63) is 54.2 Å². The molecule has 1 aromatic carbocycles. The molecule has 5 nitrogen and oxygen atoms in total. The largest absolute Gasteiger partial charge is 0.279 e. The van der Waals surface area contributed by atoms with Gasteiger partial charge in [-0.1, -0.05) is 44.0 Å². The van der Waals surface area contributed by atoms with Crippen LogP contribution in [0.15, 0.2) is 49.2 Å². The maximum Gasteiger partial charge on any atom is 0.187 e. The highest BCUT2D eigenvalue weighted by Gasteiger charge is 2.11. The number of hydrogen-bond acceptors (Lipinski definition) is 4. The first-order chi connectivity index (χ1) is 10.3. The number of nitrogens with zero attached hydrogens (tertiary/aromatic N) is 5. The van der Waals surface area contributed by atoms with Gasteiger partial charge in [0.25, 0.3) is 0 Å². The zero-order valence-electron chi connectivity index (χ0n) is 11.9. The van der Waals surface area contributed by atoms with Gasteiger partial charge < -0.3 is 0 Å². The van der Waals surface area contributed by atoms with Crippen LogP contribution in [0.1, 0.15) is 20.3 Å². The van der Waals surface area contributed by atoms with E-state index in [9.17, 15) is 0 Å². The van der Waals surface area contributed by atoms with Gasteiger partial charge in [-0.15, -0.1) is 10.2 Å². The van der Waals surface area contributed by atoms with E-state index >= 15 is 0 Å². The number of halogens is 1. The molecule has 0 fully saturated rings. The lowest BCUT2D eigenvalue weighted by molar-refractivity contribution is 1.04. The van der Waals surface area contributed by atoms with Crippen LogP contribution in [0.3, 0.4) is 0 Å². The molecule has 3 aromatic rings. The maximum absolute atomic E-state index is 6.17. The molecule has 0 saturated heterocycles. The SMILES string of the molecule is CCC.Clc1ccccc1-n1cnnc1-c1ccncn1. The molecular weight excluding hydrogens is 286 g/mol. The average molecular weight is 302 g/mol. The van der Waals surface area contributed by atoms with Crippen LogP contribution in [-0.2, 0) is 0 Å². The van der Waals surface area contributed by atoms with Crippen LogP contribution in [0.5, 0.6) is 0 Å². The molecule has 0 spiro atoms. The van der Waals surface area contributed by atoms with Crippen molar-refractivity contribution in [2.24, 2.45) is 0 Å². The first-order valence-electron chi connectivity index (χ1n) is 6.69. The van der Waals surface area contributed by atoms with Crippen molar-refractivity contribution >= 4 is 11.6 Å². The molecule has 108 valence electrons. The van der Waals surface area contributed by atoms with Crippen LogP contribution < -0.4 is 0 Å². The Morgan fingerprint density at radius 3 is 2.57 bits per heavy atom. The number of benzene rings is 1. The fourth-order valence-electron chi connectivity index (χ4n) is 1.66. The Kier molecular flexibility index (Phi) is 5.40. The van der Waals surface area contributed by atoms with E-state index in [4.69, 9.17) is 11.6 Å². The molecule has 0 unspecified atom stereocenters. The average Bonchev–Trinajstić information content (AvgIpc) is 2.99. The topological polar surface area (TPSA) is 56.5 Å². The standard InChI is InChI=1S/C12H8ClN5.C3H8/c13-9-3-1-2-4-11(9)18-8-16-17-12(18)10-5-6-14-7-15-10;1-3-2/h1-8H;3H2,1-2H3. The van der Waals surface area contributed by atoms with Crippen LogP contribution in [0, 0.1) is 0 Å². The number of hydrogen-bond donors (Lipinski definition) is 0. The Balaban J connectivity index is 0.000000497. The Bertz CT molecular complexity index is 681. The predicted molar refractivity (Wildman–Crippen MR) is 83.4 cm³/mol. The van der Waals surface area contributed by atoms with Crippen molar-refractivity contribution in [2.45, 2.75) is 20.3 Å². The fourth-order valence-corrected chi connectivity index (χ4v) is 1.88. The van der Waals surface area contributed by atoms with Crippen molar-refractivity contribution in [1.82, 2.24) is 24.7 Å². The molecule has 2 heterocycles. The van der Waals surface area contributed by atoms with Crippen LogP contribution in [-0.4, -0.2) is 24.7 Å². The van der Waals surface area contributed by atoms with E-state index in [0.29, 0.717) is 16.5 Å². The van der Waals surface area contributed by atoms with Crippen molar-refractivity contribution < 1.29 is 0 Å². The third-order valence-corrected chi connectivity index (χ3v) is 2.79. The van der Waals surface area contributed by atoms with E-state index < -0.39 is 0 Å². The molecule has 0 amide bonds. The molecule has 0 atom stereocenters. The predicted octanol–water partition coefficient (Wildman–Crippen LogP) is 3.79. The Morgan fingerprint density at radius 2 is 1.90 bits per heavy atom. The van der Waals surface area contributed by atoms with Gasteiger partial charge in [0.05, 0.1) is 10.7 Å². The number of rotatable bonds is 2. The zero-order chi connectivity index (χ0) is 15.1. The van der Waals surface area contributed by atoms with Gasteiger partial charge in [0, 0.05) is 6.20 Å². The number of para-hydroxylation sites is 1. The quantitative estimate of drug-likeness (QED) is 0.722. The molecule has 2 aromatic heterocycles. The summed E-state index contributed by atoms with van der Waals surface area (Å²) in [5.74, 6) is 0.630. The molecule has 3 rings (SSSR count). The minimum Gasteiger partial charge on any atom is -0.279 e.